The average Bonchev–Trinajstić information content (AvgIpc) is 2.60. The standard InChI is InChI=1S/C19H12Cl4O/c20-15-10-16(21)19(23)17(18(15)22)13-6-8-14(9-7-13)24-11-12-4-2-1-3-5-12/h1-10H,11H2. The van der Waals surface area contributed by atoms with E-state index in [9.17, 15) is 0 Å². The zero-order valence-corrected chi connectivity index (χ0v) is 15.4. The Morgan fingerprint density at radius 3 is 1.88 bits per heavy atom. The van der Waals surface area contributed by atoms with Crippen molar-refractivity contribution in [1.82, 2.24) is 0 Å². The molecule has 3 rings (SSSR count). The molecule has 0 aromatic heterocycles. The van der Waals surface area contributed by atoms with Gasteiger partial charge in [0.1, 0.15) is 12.4 Å². The van der Waals surface area contributed by atoms with Gasteiger partial charge < -0.3 is 4.74 Å². The summed E-state index contributed by atoms with van der Waals surface area (Å²) >= 11 is 24.7. The molecular formula is C19H12Cl4O. The molecule has 0 fully saturated rings. The van der Waals surface area contributed by atoms with Gasteiger partial charge in [-0.05, 0) is 29.3 Å². The monoisotopic (exact) mass is 396 g/mol. The first-order valence-electron chi connectivity index (χ1n) is 7.16. The van der Waals surface area contributed by atoms with Crippen molar-refractivity contribution in [3.05, 3.63) is 86.3 Å². The van der Waals surface area contributed by atoms with Gasteiger partial charge in [0.2, 0.25) is 0 Å². The Morgan fingerprint density at radius 2 is 1.29 bits per heavy atom. The third-order valence-electron chi connectivity index (χ3n) is 3.50. The van der Waals surface area contributed by atoms with Gasteiger partial charge in [-0.2, -0.15) is 0 Å². The molecule has 0 bridgehead atoms. The maximum atomic E-state index is 6.28. The van der Waals surface area contributed by atoms with Gasteiger partial charge in [-0.25, -0.2) is 0 Å². The van der Waals surface area contributed by atoms with E-state index < -0.39 is 0 Å². The highest BCUT2D eigenvalue weighted by molar-refractivity contribution is 6.50. The van der Waals surface area contributed by atoms with Crippen LogP contribution in [-0.4, -0.2) is 0 Å². The van der Waals surface area contributed by atoms with Crippen LogP contribution in [0.4, 0.5) is 0 Å². The van der Waals surface area contributed by atoms with Crippen molar-refractivity contribution >= 4 is 46.4 Å². The molecule has 0 aliphatic carbocycles. The average molecular weight is 398 g/mol. The van der Waals surface area contributed by atoms with Crippen molar-refractivity contribution < 1.29 is 4.74 Å². The van der Waals surface area contributed by atoms with Crippen molar-refractivity contribution in [2.24, 2.45) is 0 Å². The lowest BCUT2D eigenvalue weighted by molar-refractivity contribution is 0.306. The number of halogens is 4. The van der Waals surface area contributed by atoms with Crippen molar-refractivity contribution in [3.63, 3.8) is 0 Å². The summed E-state index contributed by atoms with van der Waals surface area (Å²) in [4.78, 5) is 0. The number of hydrogen-bond acceptors (Lipinski definition) is 1. The van der Waals surface area contributed by atoms with E-state index in [-0.39, 0.29) is 0 Å². The number of benzene rings is 3. The van der Waals surface area contributed by atoms with Gasteiger partial charge in [0.15, 0.2) is 0 Å². The predicted octanol–water partition coefficient (Wildman–Crippen LogP) is 7.55. The first-order chi connectivity index (χ1) is 11.6. The Balaban J connectivity index is 1.83. The zero-order valence-electron chi connectivity index (χ0n) is 12.4. The molecule has 0 spiro atoms. The topological polar surface area (TPSA) is 9.23 Å². The van der Waals surface area contributed by atoms with Crippen LogP contribution >= 0.6 is 46.4 Å². The summed E-state index contributed by atoms with van der Waals surface area (Å²) in [6, 6.07) is 19.0. The van der Waals surface area contributed by atoms with E-state index in [1.165, 1.54) is 6.07 Å². The molecule has 3 aromatic carbocycles. The van der Waals surface area contributed by atoms with Gasteiger partial charge in [0.25, 0.3) is 0 Å². The normalized spacial score (nSPS) is 10.7. The number of rotatable bonds is 4. The minimum atomic E-state index is 0.366. The van der Waals surface area contributed by atoms with Crippen LogP contribution in [0.2, 0.25) is 20.1 Å². The number of ether oxygens (including phenoxy) is 1. The lowest BCUT2D eigenvalue weighted by Gasteiger charge is -2.12. The molecule has 122 valence electrons. The molecule has 3 aromatic rings. The lowest BCUT2D eigenvalue weighted by atomic mass is 10.1. The second-order valence-electron chi connectivity index (χ2n) is 5.14. The van der Waals surface area contributed by atoms with E-state index in [4.69, 9.17) is 51.1 Å². The molecule has 0 radical (unpaired) electrons. The molecule has 0 saturated heterocycles. The fraction of sp³-hybridized carbons (Fsp3) is 0.0526. The molecule has 1 nitrogen and oxygen atoms in total. The summed E-state index contributed by atoms with van der Waals surface area (Å²) in [5, 5.41) is 1.49. The maximum absolute atomic E-state index is 6.28. The van der Waals surface area contributed by atoms with Gasteiger partial charge in [0, 0.05) is 5.56 Å². The van der Waals surface area contributed by atoms with E-state index in [0.29, 0.717) is 32.3 Å². The van der Waals surface area contributed by atoms with E-state index >= 15 is 0 Å². The van der Waals surface area contributed by atoms with Crippen molar-refractivity contribution in [2.75, 3.05) is 0 Å². The van der Waals surface area contributed by atoms with Crippen LogP contribution in [0.1, 0.15) is 5.56 Å². The Labute approximate surface area is 160 Å². The second kappa shape index (κ2) is 7.67. The van der Waals surface area contributed by atoms with Gasteiger partial charge in [0.05, 0.1) is 20.1 Å². The Bertz CT molecular complexity index is 819. The molecule has 24 heavy (non-hydrogen) atoms. The fourth-order valence-corrected chi connectivity index (χ4v) is 3.31. The van der Waals surface area contributed by atoms with E-state index in [1.807, 2.05) is 54.6 Å². The second-order valence-corrected chi connectivity index (χ2v) is 6.71. The fourth-order valence-electron chi connectivity index (χ4n) is 2.29. The summed E-state index contributed by atoms with van der Waals surface area (Å²) in [7, 11) is 0. The molecule has 0 amide bonds. The summed E-state index contributed by atoms with van der Waals surface area (Å²) in [6.45, 7) is 0.505. The predicted molar refractivity (Wildman–Crippen MR) is 103 cm³/mol. The van der Waals surface area contributed by atoms with Crippen LogP contribution in [0.15, 0.2) is 60.7 Å². The lowest BCUT2D eigenvalue weighted by Crippen LogP contribution is -1.94. The van der Waals surface area contributed by atoms with E-state index in [0.717, 1.165) is 16.9 Å². The quantitative estimate of drug-likeness (QED) is 0.413. The van der Waals surface area contributed by atoms with Crippen molar-refractivity contribution in [3.8, 4) is 16.9 Å². The number of hydrogen-bond donors (Lipinski definition) is 0. The van der Waals surface area contributed by atoms with Crippen LogP contribution in [-0.2, 0) is 6.61 Å². The highest BCUT2D eigenvalue weighted by atomic mass is 35.5. The highest BCUT2D eigenvalue weighted by Gasteiger charge is 2.15. The summed E-state index contributed by atoms with van der Waals surface area (Å²) in [6.07, 6.45) is 0. The van der Waals surface area contributed by atoms with E-state index in [2.05, 4.69) is 0 Å². The largest absolute Gasteiger partial charge is 0.489 e. The van der Waals surface area contributed by atoms with E-state index in [1.54, 1.807) is 0 Å². The van der Waals surface area contributed by atoms with Crippen LogP contribution in [0.3, 0.4) is 0 Å². The molecule has 0 aliphatic rings. The maximum Gasteiger partial charge on any atom is 0.119 e. The molecular weight excluding hydrogens is 386 g/mol. The summed E-state index contributed by atoms with van der Waals surface area (Å²) in [5.41, 5.74) is 2.54. The molecule has 0 aliphatic heterocycles. The Morgan fingerprint density at radius 1 is 0.708 bits per heavy atom. The molecule has 0 atom stereocenters. The SMILES string of the molecule is Clc1cc(Cl)c(Cl)c(-c2ccc(OCc3ccccc3)cc2)c1Cl. The third kappa shape index (κ3) is 3.81. The van der Waals surface area contributed by atoms with Crippen molar-refractivity contribution in [2.45, 2.75) is 6.61 Å². The third-order valence-corrected chi connectivity index (χ3v) is 5.08. The van der Waals surface area contributed by atoms with Gasteiger partial charge >= 0.3 is 0 Å². The Hall–Kier alpha value is -1.38. The highest BCUT2D eigenvalue weighted by Crippen LogP contribution is 2.43. The van der Waals surface area contributed by atoms with Gasteiger partial charge in [-0.1, -0.05) is 88.9 Å². The first-order valence-corrected chi connectivity index (χ1v) is 8.67. The van der Waals surface area contributed by atoms with Crippen LogP contribution in [0.5, 0.6) is 5.75 Å². The molecule has 0 heterocycles. The van der Waals surface area contributed by atoms with Gasteiger partial charge in [-0.3, -0.25) is 0 Å². The van der Waals surface area contributed by atoms with Gasteiger partial charge in [-0.15, -0.1) is 0 Å². The first kappa shape index (κ1) is 17.4. The van der Waals surface area contributed by atoms with Crippen LogP contribution < -0.4 is 4.74 Å². The minimum absolute atomic E-state index is 0.366. The minimum Gasteiger partial charge on any atom is -0.489 e. The molecule has 5 heteroatoms. The Kier molecular flexibility index (Phi) is 5.57. The molecule has 0 saturated carbocycles. The molecule has 0 N–H and O–H groups in total. The van der Waals surface area contributed by atoms with Crippen LogP contribution in [0, 0.1) is 0 Å². The summed E-state index contributed by atoms with van der Waals surface area (Å²) < 4.78 is 5.77. The van der Waals surface area contributed by atoms with Crippen molar-refractivity contribution in [1.29, 1.82) is 0 Å². The summed E-state index contributed by atoms with van der Waals surface area (Å²) in [5.74, 6) is 0.753. The smallest absolute Gasteiger partial charge is 0.119 e. The van der Waals surface area contributed by atoms with Crippen LogP contribution in [0.25, 0.3) is 11.1 Å². The molecule has 0 unspecified atom stereocenters. The zero-order chi connectivity index (χ0) is 17.1.